The van der Waals surface area contributed by atoms with Gasteiger partial charge in [-0.15, -0.1) is 0 Å². The number of amides is 16. The van der Waals surface area contributed by atoms with Crippen LogP contribution in [0.25, 0.3) is 0 Å². The van der Waals surface area contributed by atoms with E-state index in [1.54, 1.807) is 66.6 Å². The highest BCUT2D eigenvalue weighted by atomic mass is 32.2. The number of benzene rings is 2. The lowest BCUT2D eigenvalue weighted by atomic mass is 10.0. The van der Waals surface area contributed by atoms with Crippen LogP contribution in [0.2, 0.25) is 0 Å². The summed E-state index contributed by atoms with van der Waals surface area (Å²) >= 11 is 6.56. The van der Waals surface area contributed by atoms with Gasteiger partial charge in [0.05, 0.1) is 52.6 Å². The zero-order valence-corrected chi connectivity index (χ0v) is 50.5. The molecule has 0 aliphatic carbocycles. The van der Waals surface area contributed by atoms with Gasteiger partial charge in [0.15, 0.2) is 48.3 Å². The molecule has 32 heteroatoms. The molecule has 13 aliphatic rings. The normalized spacial score (nSPS) is 30.0. The molecule has 28 nitrogen and oxygen atoms in total. The largest absolute Gasteiger partial charge is 0.492 e. The summed E-state index contributed by atoms with van der Waals surface area (Å²) in [6, 6.07) is 3.40. The van der Waals surface area contributed by atoms with E-state index in [-0.39, 0.29) is 66.2 Å². The van der Waals surface area contributed by atoms with Crippen LogP contribution < -0.4 is 18.9 Å². The minimum absolute atomic E-state index is 0.0611. The van der Waals surface area contributed by atoms with E-state index < -0.39 is 96.6 Å². The highest BCUT2D eigenvalue weighted by molar-refractivity contribution is 7.99. The van der Waals surface area contributed by atoms with Gasteiger partial charge < -0.3 is 18.9 Å². The van der Waals surface area contributed by atoms with Crippen molar-refractivity contribution in [3.8, 4) is 23.0 Å². The molecule has 0 radical (unpaired) electrons. The number of carbonyl (C=O) groups excluding carboxylic acids is 8. The van der Waals surface area contributed by atoms with Crippen LogP contribution in [0.1, 0.15) is 36.1 Å². The molecule has 0 saturated carbocycles. The molecule has 13 aliphatic heterocycles. The molecule has 0 bridgehead atoms. The van der Waals surface area contributed by atoms with Crippen molar-refractivity contribution in [2.75, 3.05) is 114 Å². The van der Waals surface area contributed by atoms with E-state index in [1.807, 2.05) is 63.1 Å². The van der Waals surface area contributed by atoms with Crippen molar-refractivity contribution in [1.82, 2.24) is 78.4 Å². The molecular formula is C52H64N16O12S4. The molecule has 2 aromatic rings. The summed E-state index contributed by atoms with van der Waals surface area (Å²) in [6.45, 7) is 3.55. The Labute approximate surface area is 500 Å². The van der Waals surface area contributed by atoms with Crippen LogP contribution in [0.5, 0.6) is 23.0 Å². The standard InChI is InChI=1S/C52H64N16O12S4/c1-51-41-61-25-57-39-37-53(43(57)69)23-55-38-40-59(45(55)71)27-63-42-52(2)67(49(63)75)21-31-32(36(80-14-18-84-6)10-9-35(31)79-13-17-83-5)22-68(52)50(76)64(42)28-60(40)46(72)56(38)24-54(37)44(70)58(39)26-62(41)48(74)66(51)20-30-29(19-65(51)47(61)73)33(77-11-15-81-3)7-8-34(30)78-12-16-82-4/h7-10,37-42H,11-28H2,1-6H3/t37-,38?,39?,40?,41?,42?,51+,52-. The van der Waals surface area contributed by atoms with E-state index in [4.69, 9.17) is 18.9 Å². The molecule has 11 fully saturated rings. The molecule has 13 heterocycles. The minimum Gasteiger partial charge on any atom is -0.492 e. The van der Waals surface area contributed by atoms with Crippen molar-refractivity contribution < 1.29 is 57.3 Å². The van der Waals surface area contributed by atoms with E-state index in [0.717, 1.165) is 23.0 Å². The number of fused-ring (bicyclic) bond motifs is 2. The van der Waals surface area contributed by atoms with Crippen molar-refractivity contribution in [1.29, 1.82) is 0 Å². The maximum Gasteiger partial charge on any atom is 0.326 e. The molecule has 0 atom stereocenters. The highest BCUT2D eigenvalue weighted by Crippen LogP contribution is 2.55. The van der Waals surface area contributed by atoms with Gasteiger partial charge in [-0.25, -0.2) is 38.4 Å². The molecule has 0 N–H and O–H groups in total. The number of urea groups is 8. The number of rotatable bonds is 16. The molecule has 0 unspecified atom stereocenters. The van der Waals surface area contributed by atoms with Gasteiger partial charge in [-0.2, -0.15) is 47.0 Å². The monoisotopic (exact) mass is 1230 g/mol. The lowest BCUT2D eigenvalue weighted by Gasteiger charge is -2.42. The number of hydrogen-bond acceptors (Lipinski definition) is 16. The molecule has 0 aromatic heterocycles. The SMILES string of the molecule is CSCCOc1ccc(OCCSC)c2c1CN1C(=O)N3CN4C(=O)N5CN6C(=O)N7CN8C(=O)N9Cc%10c(OCCSC)ccc(OCCSC)c%10CN%10C(=O)N(CN%11C(=O)N(CN%12C(=O)N(CN%13C(=O)N(C2)[C@]1(C)C3%13)C4C%125)[C@@H]6C%117)C8[C@]%109C. The Morgan fingerprint density at radius 1 is 0.345 bits per heavy atom. The molecule has 84 heavy (non-hydrogen) atoms. The number of thioether (sulfide) groups is 4. The van der Waals surface area contributed by atoms with Gasteiger partial charge in [0.25, 0.3) is 0 Å². The van der Waals surface area contributed by atoms with Crippen LogP contribution in [0.15, 0.2) is 24.3 Å². The third-order valence-electron chi connectivity index (χ3n) is 19.3. The number of carbonyl (C=O) groups is 8. The van der Waals surface area contributed by atoms with Crippen LogP contribution in [-0.2, 0) is 26.2 Å². The average Bonchev–Trinajstić information content (AvgIpc) is 1.59. The van der Waals surface area contributed by atoms with Crippen molar-refractivity contribution in [2.24, 2.45) is 0 Å². The van der Waals surface area contributed by atoms with Crippen molar-refractivity contribution in [2.45, 2.75) is 88.3 Å². The summed E-state index contributed by atoms with van der Waals surface area (Å²) in [5.74, 6) is 5.21. The van der Waals surface area contributed by atoms with Gasteiger partial charge in [0.1, 0.15) is 63.0 Å². The first-order valence-corrected chi connectivity index (χ1v) is 33.6. The zero-order chi connectivity index (χ0) is 58.2. The minimum atomic E-state index is -1.30. The summed E-state index contributed by atoms with van der Waals surface area (Å²) in [5.41, 5.74) is 0.259. The Kier molecular flexibility index (Phi) is 12.4. The van der Waals surface area contributed by atoms with Crippen LogP contribution in [0.3, 0.4) is 0 Å². The Morgan fingerprint density at radius 3 is 0.750 bits per heavy atom. The summed E-state index contributed by atoms with van der Waals surface area (Å²) in [7, 11) is 0. The van der Waals surface area contributed by atoms with Crippen LogP contribution >= 0.6 is 47.0 Å². The van der Waals surface area contributed by atoms with Gasteiger partial charge in [0.2, 0.25) is 0 Å². The predicted molar refractivity (Wildman–Crippen MR) is 305 cm³/mol. The van der Waals surface area contributed by atoms with Crippen molar-refractivity contribution >= 4 is 95.3 Å². The zero-order valence-electron chi connectivity index (χ0n) is 47.2. The maximum atomic E-state index is 15.4. The quantitative estimate of drug-likeness (QED) is 0.220. The fourth-order valence-electron chi connectivity index (χ4n) is 15.4. The number of ether oxygens (including phenoxy) is 4. The first-order chi connectivity index (χ1) is 40.6. The maximum absolute atomic E-state index is 15.4. The summed E-state index contributed by atoms with van der Waals surface area (Å²) < 4.78 is 25.4. The number of nitrogens with zero attached hydrogens (tertiary/aromatic N) is 16. The highest BCUT2D eigenvalue weighted by Gasteiger charge is 2.75. The Hall–Kier alpha value is -6.80. The lowest BCUT2D eigenvalue weighted by molar-refractivity contribution is -0.0289. The Balaban J connectivity index is 0.758. The lowest BCUT2D eigenvalue weighted by Crippen LogP contribution is -2.63. The van der Waals surface area contributed by atoms with Crippen LogP contribution in [0.4, 0.5) is 38.4 Å². The third-order valence-corrected chi connectivity index (χ3v) is 21.6. The van der Waals surface area contributed by atoms with Gasteiger partial charge in [-0.3, -0.25) is 78.4 Å². The van der Waals surface area contributed by atoms with E-state index in [2.05, 4.69) is 0 Å². The Bertz CT molecular complexity index is 2850. The van der Waals surface area contributed by atoms with Crippen molar-refractivity contribution in [3.63, 3.8) is 0 Å². The van der Waals surface area contributed by atoms with Crippen LogP contribution in [0, 0.1) is 0 Å². The van der Waals surface area contributed by atoms with Crippen molar-refractivity contribution in [3.05, 3.63) is 46.5 Å². The first-order valence-electron chi connectivity index (χ1n) is 28.0. The summed E-state index contributed by atoms with van der Waals surface area (Å²) in [5, 5.41) is 0. The van der Waals surface area contributed by atoms with E-state index in [0.29, 0.717) is 71.7 Å². The second-order valence-electron chi connectivity index (χ2n) is 23.1. The fourth-order valence-corrected chi connectivity index (χ4v) is 16.4. The molecule has 11 saturated heterocycles. The van der Waals surface area contributed by atoms with Gasteiger partial charge in [-0.1, -0.05) is 0 Å². The van der Waals surface area contributed by atoms with E-state index in [1.165, 1.54) is 58.8 Å². The molecule has 16 amide bonds. The molecular weight excluding hydrogens is 1170 g/mol. The summed E-state index contributed by atoms with van der Waals surface area (Å²) in [6.07, 6.45) is 1.70. The second-order valence-corrected chi connectivity index (χ2v) is 27.0. The van der Waals surface area contributed by atoms with E-state index in [9.17, 15) is 0 Å². The topological polar surface area (TPSA) is 225 Å². The van der Waals surface area contributed by atoms with Gasteiger partial charge >= 0.3 is 48.2 Å². The second kappa shape index (κ2) is 19.4. The molecule has 15 rings (SSSR count). The van der Waals surface area contributed by atoms with Crippen LogP contribution in [-0.4, -0.2) is 289 Å². The molecule has 2 aromatic carbocycles. The number of hydrogen-bond donors (Lipinski definition) is 0. The summed E-state index contributed by atoms with van der Waals surface area (Å²) in [4.78, 5) is 147. The molecule has 448 valence electrons. The fraction of sp³-hybridized carbons (Fsp3) is 0.615. The smallest absolute Gasteiger partial charge is 0.326 e. The predicted octanol–water partition coefficient (Wildman–Crippen LogP) is 3.46. The molecule has 0 spiro atoms. The first kappa shape index (κ1) is 53.9. The Morgan fingerprint density at radius 2 is 0.548 bits per heavy atom. The van der Waals surface area contributed by atoms with Gasteiger partial charge in [0, 0.05) is 45.3 Å². The third kappa shape index (κ3) is 7.00. The van der Waals surface area contributed by atoms with E-state index >= 15 is 38.4 Å². The van der Waals surface area contributed by atoms with Gasteiger partial charge in [-0.05, 0) is 63.1 Å². The average molecular weight is 1230 g/mol.